The van der Waals surface area contributed by atoms with E-state index in [2.05, 4.69) is 6.92 Å². The molecule has 0 atom stereocenters. The molecule has 0 aliphatic rings. The smallest absolute Gasteiger partial charge is 0.306 e. The zero-order valence-electron chi connectivity index (χ0n) is 14.1. The van der Waals surface area contributed by atoms with Crippen LogP contribution in [0, 0.1) is 0 Å². The first kappa shape index (κ1) is 18.5. The minimum atomic E-state index is -0.0950. The molecule has 22 heavy (non-hydrogen) atoms. The molecule has 0 heterocycles. The van der Waals surface area contributed by atoms with Crippen molar-refractivity contribution in [2.45, 2.75) is 71.8 Å². The Labute approximate surface area is 135 Å². The van der Waals surface area contributed by atoms with Gasteiger partial charge in [-0.05, 0) is 31.0 Å². The lowest BCUT2D eigenvalue weighted by atomic mass is 10.1. The zero-order valence-corrected chi connectivity index (χ0v) is 14.1. The average Bonchev–Trinajstić information content (AvgIpc) is 2.54. The number of rotatable bonds is 12. The standard InChI is InChI=1S/C19H30O3/c1-3-5-6-7-8-9-10-11-19(20)22-16-17-12-14-18(15-13-17)21-4-2/h12-15H,3-11,16H2,1-2H3. The van der Waals surface area contributed by atoms with Crippen LogP contribution < -0.4 is 4.74 Å². The third-order valence-corrected chi connectivity index (χ3v) is 3.62. The molecule has 124 valence electrons. The number of ether oxygens (including phenoxy) is 2. The Hall–Kier alpha value is -1.51. The quantitative estimate of drug-likeness (QED) is 0.390. The van der Waals surface area contributed by atoms with Gasteiger partial charge in [-0.25, -0.2) is 0 Å². The molecular formula is C19H30O3. The van der Waals surface area contributed by atoms with Crippen LogP contribution in [0.5, 0.6) is 5.75 Å². The van der Waals surface area contributed by atoms with Crippen molar-refractivity contribution in [2.24, 2.45) is 0 Å². The normalized spacial score (nSPS) is 10.5. The van der Waals surface area contributed by atoms with Crippen LogP contribution in [0.2, 0.25) is 0 Å². The van der Waals surface area contributed by atoms with E-state index in [1.165, 1.54) is 32.1 Å². The zero-order chi connectivity index (χ0) is 16.0. The van der Waals surface area contributed by atoms with E-state index in [1.54, 1.807) is 0 Å². The van der Waals surface area contributed by atoms with E-state index < -0.39 is 0 Å². The molecule has 3 nitrogen and oxygen atoms in total. The summed E-state index contributed by atoms with van der Waals surface area (Å²) in [5, 5.41) is 0. The van der Waals surface area contributed by atoms with Crippen LogP contribution in [0.4, 0.5) is 0 Å². The predicted octanol–water partition coefficient (Wildman–Crippen LogP) is 5.27. The summed E-state index contributed by atoms with van der Waals surface area (Å²) in [6, 6.07) is 7.68. The van der Waals surface area contributed by atoms with E-state index in [0.717, 1.165) is 24.2 Å². The van der Waals surface area contributed by atoms with Gasteiger partial charge in [0.25, 0.3) is 0 Å². The Bertz CT molecular complexity index is 398. The Kier molecular flexibility index (Phi) is 10.2. The molecule has 0 spiro atoms. The second-order valence-electron chi connectivity index (χ2n) is 5.61. The van der Waals surface area contributed by atoms with Gasteiger partial charge in [-0.15, -0.1) is 0 Å². The van der Waals surface area contributed by atoms with Crippen molar-refractivity contribution in [1.29, 1.82) is 0 Å². The van der Waals surface area contributed by atoms with Crippen LogP contribution >= 0.6 is 0 Å². The van der Waals surface area contributed by atoms with E-state index in [-0.39, 0.29) is 5.97 Å². The van der Waals surface area contributed by atoms with Crippen molar-refractivity contribution in [3.63, 3.8) is 0 Å². The maximum absolute atomic E-state index is 11.7. The number of carbonyl (C=O) groups is 1. The molecule has 3 heteroatoms. The Morgan fingerprint density at radius 2 is 1.55 bits per heavy atom. The molecule has 1 aromatic carbocycles. The summed E-state index contributed by atoms with van der Waals surface area (Å²) < 4.78 is 10.7. The van der Waals surface area contributed by atoms with Crippen molar-refractivity contribution in [1.82, 2.24) is 0 Å². The lowest BCUT2D eigenvalue weighted by Crippen LogP contribution is -2.04. The van der Waals surface area contributed by atoms with Gasteiger partial charge in [-0.2, -0.15) is 0 Å². The topological polar surface area (TPSA) is 35.5 Å². The molecular weight excluding hydrogens is 276 g/mol. The van der Waals surface area contributed by atoms with Gasteiger partial charge in [0, 0.05) is 6.42 Å². The van der Waals surface area contributed by atoms with Crippen LogP contribution in [0.15, 0.2) is 24.3 Å². The fourth-order valence-electron chi connectivity index (χ4n) is 2.31. The lowest BCUT2D eigenvalue weighted by molar-refractivity contribution is -0.145. The summed E-state index contributed by atoms with van der Waals surface area (Å²) >= 11 is 0. The number of hydrogen-bond donors (Lipinski definition) is 0. The Balaban J connectivity index is 2.07. The fourth-order valence-corrected chi connectivity index (χ4v) is 2.31. The number of hydrogen-bond acceptors (Lipinski definition) is 3. The molecule has 0 aliphatic heterocycles. The van der Waals surface area contributed by atoms with Gasteiger partial charge in [0.1, 0.15) is 12.4 Å². The molecule has 1 rings (SSSR count). The van der Waals surface area contributed by atoms with E-state index in [1.807, 2.05) is 31.2 Å². The van der Waals surface area contributed by atoms with E-state index in [0.29, 0.717) is 19.6 Å². The van der Waals surface area contributed by atoms with Gasteiger partial charge in [0.15, 0.2) is 0 Å². The van der Waals surface area contributed by atoms with Crippen molar-refractivity contribution < 1.29 is 14.3 Å². The van der Waals surface area contributed by atoms with E-state index >= 15 is 0 Å². The van der Waals surface area contributed by atoms with Crippen LogP contribution in [0.1, 0.15) is 70.8 Å². The highest BCUT2D eigenvalue weighted by atomic mass is 16.5. The monoisotopic (exact) mass is 306 g/mol. The highest BCUT2D eigenvalue weighted by Crippen LogP contribution is 2.13. The molecule has 0 saturated carbocycles. The summed E-state index contributed by atoms with van der Waals surface area (Å²) in [6.45, 7) is 5.19. The molecule has 0 saturated heterocycles. The molecule has 0 N–H and O–H groups in total. The van der Waals surface area contributed by atoms with Crippen LogP contribution in [0.3, 0.4) is 0 Å². The molecule has 0 unspecified atom stereocenters. The summed E-state index contributed by atoms with van der Waals surface area (Å²) in [5.74, 6) is 0.753. The molecule has 0 amide bonds. The van der Waals surface area contributed by atoms with Gasteiger partial charge in [-0.1, -0.05) is 57.6 Å². The largest absolute Gasteiger partial charge is 0.494 e. The molecule has 1 aromatic rings. The third kappa shape index (κ3) is 8.71. The molecule has 0 radical (unpaired) electrons. The van der Waals surface area contributed by atoms with Gasteiger partial charge in [-0.3, -0.25) is 4.79 Å². The predicted molar refractivity (Wildman–Crippen MR) is 90.0 cm³/mol. The average molecular weight is 306 g/mol. The molecule has 0 aromatic heterocycles. The molecule has 0 fully saturated rings. The Morgan fingerprint density at radius 3 is 2.18 bits per heavy atom. The first-order valence-corrected chi connectivity index (χ1v) is 8.63. The van der Waals surface area contributed by atoms with Crippen LogP contribution in [-0.4, -0.2) is 12.6 Å². The number of esters is 1. The summed E-state index contributed by atoms with van der Waals surface area (Å²) in [5.41, 5.74) is 0.997. The van der Waals surface area contributed by atoms with Gasteiger partial charge in [0.2, 0.25) is 0 Å². The maximum Gasteiger partial charge on any atom is 0.306 e. The first-order valence-electron chi connectivity index (χ1n) is 8.63. The second kappa shape index (κ2) is 12.1. The van der Waals surface area contributed by atoms with Crippen molar-refractivity contribution in [3.05, 3.63) is 29.8 Å². The Morgan fingerprint density at radius 1 is 0.909 bits per heavy atom. The lowest BCUT2D eigenvalue weighted by Gasteiger charge is -2.07. The van der Waals surface area contributed by atoms with Gasteiger partial charge >= 0.3 is 5.97 Å². The summed E-state index contributed by atoms with van der Waals surface area (Å²) in [6.07, 6.45) is 9.03. The van der Waals surface area contributed by atoms with Crippen molar-refractivity contribution >= 4 is 5.97 Å². The number of benzene rings is 1. The summed E-state index contributed by atoms with van der Waals surface area (Å²) in [4.78, 5) is 11.7. The highest BCUT2D eigenvalue weighted by molar-refractivity contribution is 5.69. The first-order chi connectivity index (χ1) is 10.8. The molecule has 0 aliphatic carbocycles. The minimum Gasteiger partial charge on any atom is -0.494 e. The van der Waals surface area contributed by atoms with Crippen molar-refractivity contribution in [2.75, 3.05) is 6.61 Å². The maximum atomic E-state index is 11.7. The third-order valence-electron chi connectivity index (χ3n) is 3.62. The minimum absolute atomic E-state index is 0.0950. The van der Waals surface area contributed by atoms with Crippen LogP contribution in [-0.2, 0) is 16.1 Å². The fraction of sp³-hybridized carbons (Fsp3) is 0.632. The number of carbonyl (C=O) groups excluding carboxylic acids is 1. The summed E-state index contributed by atoms with van der Waals surface area (Å²) in [7, 11) is 0. The van der Waals surface area contributed by atoms with Gasteiger partial charge < -0.3 is 9.47 Å². The van der Waals surface area contributed by atoms with Gasteiger partial charge in [0.05, 0.1) is 6.61 Å². The second-order valence-corrected chi connectivity index (χ2v) is 5.61. The van der Waals surface area contributed by atoms with E-state index in [4.69, 9.17) is 9.47 Å². The van der Waals surface area contributed by atoms with Crippen LogP contribution in [0.25, 0.3) is 0 Å². The SMILES string of the molecule is CCCCCCCCCC(=O)OCc1ccc(OCC)cc1. The van der Waals surface area contributed by atoms with E-state index in [9.17, 15) is 4.79 Å². The molecule has 0 bridgehead atoms. The highest BCUT2D eigenvalue weighted by Gasteiger charge is 2.03. The number of unbranched alkanes of at least 4 members (excludes halogenated alkanes) is 6. The van der Waals surface area contributed by atoms with Crippen molar-refractivity contribution in [3.8, 4) is 5.75 Å².